The first-order valence-corrected chi connectivity index (χ1v) is 6.57. The van der Waals surface area contributed by atoms with E-state index in [2.05, 4.69) is 41.5 Å². The van der Waals surface area contributed by atoms with Crippen LogP contribution in [0.4, 0.5) is 0 Å². The first-order valence-electron chi connectivity index (χ1n) is 6.57. The zero-order valence-electron chi connectivity index (χ0n) is 11.3. The van der Waals surface area contributed by atoms with E-state index in [9.17, 15) is 0 Å². The summed E-state index contributed by atoms with van der Waals surface area (Å²) in [7, 11) is 0. The van der Waals surface area contributed by atoms with Crippen LogP contribution in [0.5, 0.6) is 0 Å². The molecule has 0 N–H and O–H groups in total. The molecule has 15 heavy (non-hydrogen) atoms. The van der Waals surface area contributed by atoms with Gasteiger partial charge in [0.2, 0.25) is 0 Å². The highest BCUT2D eigenvalue weighted by molar-refractivity contribution is 4.82. The summed E-state index contributed by atoms with van der Waals surface area (Å²) in [6.45, 7) is 13.9. The normalized spacial score (nSPS) is 33.0. The van der Waals surface area contributed by atoms with Crippen molar-refractivity contribution in [3.63, 3.8) is 0 Å². The minimum absolute atomic E-state index is 0.457. The van der Waals surface area contributed by atoms with Crippen LogP contribution in [-0.2, 0) is 4.74 Å². The Morgan fingerprint density at radius 3 is 1.60 bits per heavy atom. The van der Waals surface area contributed by atoms with Gasteiger partial charge in [0.05, 0.1) is 12.2 Å². The summed E-state index contributed by atoms with van der Waals surface area (Å²) >= 11 is 0. The molecular weight excluding hydrogens is 184 g/mol. The first-order chi connectivity index (χ1) is 6.91. The molecule has 0 aromatic heterocycles. The Hall–Kier alpha value is -0.0400. The number of ether oxygens (including phenoxy) is 1. The third-order valence-electron chi connectivity index (χ3n) is 3.82. The Labute approximate surface area is 95.6 Å². The fourth-order valence-electron chi connectivity index (χ4n) is 3.63. The molecule has 0 unspecified atom stereocenters. The van der Waals surface area contributed by atoms with Crippen LogP contribution in [-0.4, -0.2) is 12.2 Å². The molecule has 0 aromatic carbocycles. The summed E-state index contributed by atoms with van der Waals surface area (Å²) in [5.74, 6) is 3.32. The van der Waals surface area contributed by atoms with Gasteiger partial charge < -0.3 is 4.74 Å². The Morgan fingerprint density at radius 1 is 0.867 bits per heavy atom. The zero-order valence-corrected chi connectivity index (χ0v) is 11.3. The maximum Gasteiger partial charge on any atom is 0.0553 e. The van der Waals surface area contributed by atoms with Crippen LogP contribution in [0, 0.1) is 23.7 Å². The molecule has 0 aliphatic carbocycles. The van der Waals surface area contributed by atoms with E-state index >= 15 is 0 Å². The van der Waals surface area contributed by atoms with Crippen molar-refractivity contribution in [1.82, 2.24) is 0 Å². The Kier molecular flexibility index (Phi) is 4.64. The Morgan fingerprint density at radius 2 is 1.27 bits per heavy atom. The summed E-state index contributed by atoms with van der Waals surface area (Å²) in [6.07, 6.45) is 3.42. The summed E-state index contributed by atoms with van der Waals surface area (Å²) in [5, 5.41) is 0. The molecule has 0 spiro atoms. The molecule has 1 rings (SSSR count). The van der Waals surface area contributed by atoms with Gasteiger partial charge in [-0.1, -0.05) is 27.7 Å². The predicted molar refractivity (Wildman–Crippen MR) is 65.9 cm³/mol. The molecule has 0 aromatic rings. The minimum atomic E-state index is 0.457. The average molecular weight is 212 g/mol. The maximum absolute atomic E-state index is 5.83. The maximum atomic E-state index is 5.83. The second-order valence-corrected chi connectivity index (χ2v) is 6.05. The molecule has 1 fully saturated rings. The van der Waals surface area contributed by atoms with Crippen LogP contribution in [0.25, 0.3) is 0 Å². The molecule has 0 radical (unpaired) electrons. The summed E-state index contributed by atoms with van der Waals surface area (Å²) < 4.78 is 5.83. The van der Waals surface area contributed by atoms with Gasteiger partial charge in [-0.3, -0.25) is 0 Å². The van der Waals surface area contributed by atoms with Gasteiger partial charge in [0, 0.05) is 0 Å². The minimum Gasteiger partial charge on any atom is -0.376 e. The first kappa shape index (κ1) is 13.0. The molecule has 1 heteroatoms. The molecule has 1 nitrogen and oxygen atoms in total. The van der Waals surface area contributed by atoms with Gasteiger partial charge in [-0.25, -0.2) is 0 Å². The van der Waals surface area contributed by atoms with E-state index in [0.29, 0.717) is 12.2 Å². The van der Waals surface area contributed by atoms with Gasteiger partial charge in [0.1, 0.15) is 0 Å². The Balaban J connectivity index is 2.66. The largest absolute Gasteiger partial charge is 0.376 e. The molecule has 0 bridgehead atoms. The van der Waals surface area contributed by atoms with Gasteiger partial charge in [0.25, 0.3) is 0 Å². The van der Waals surface area contributed by atoms with Crippen molar-refractivity contribution >= 4 is 0 Å². The second kappa shape index (κ2) is 5.34. The molecule has 1 heterocycles. The van der Waals surface area contributed by atoms with Gasteiger partial charge in [0.15, 0.2) is 0 Å². The van der Waals surface area contributed by atoms with E-state index < -0.39 is 0 Å². The fourth-order valence-corrected chi connectivity index (χ4v) is 3.63. The molecule has 0 amide bonds. The van der Waals surface area contributed by atoms with Gasteiger partial charge >= 0.3 is 0 Å². The van der Waals surface area contributed by atoms with E-state index in [4.69, 9.17) is 4.74 Å². The van der Waals surface area contributed by atoms with Gasteiger partial charge in [-0.2, -0.15) is 0 Å². The highest BCUT2D eigenvalue weighted by Gasteiger charge is 2.33. The third-order valence-corrected chi connectivity index (χ3v) is 3.82. The van der Waals surface area contributed by atoms with Crippen molar-refractivity contribution < 1.29 is 4.74 Å². The van der Waals surface area contributed by atoms with Crippen molar-refractivity contribution in [2.45, 2.75) is 66.6 Å². The number of rotatable bonds is 3. The second-order valence-electron chi connectivity index (χ2n) is 6.05. The van der Waals surface area contributed by atoms with Crippen LogP contribution in [0.3, 0.4) is 0 Å². The van der Waals surface area contributed by atoms with Gasteiger partial charge in [-0.05, 0) is 50.4 Å². The van der Waals surface area contributed by atoms with Crippen LogP contribution in [0.1, 0.15) is 54.4 Å². The number of hydrogen-bond donors (Lipinski definition) is 0. The summed E-state index contributed by atoms with van der Waals surface area (Å²) in [5.41, 5.74) is 0. The van der Waals surface area contributed by atoms with Crippen molar-refractivity contribution in [2.24, 2.45) is 23.7 Å². The van der Waals surface area contributed by atoms with Crippen molar-refractivity contribution in [3.8, 4) is 0 Å². The van der Waals surface area contributed by atoms with Crippen molar-refractivity contribution in [1.29, 1.82) is 0 Å². The van der Waals surface area contributed by atoms with E-state index in [1.165, 1.54) is 12.8 Å². The predicted octanol–water partition coefficient (Wildman–Crippen LogP) is 4.12. The van der Waals surface area contributed by atoms with Gasteiger partial charge in [-0.15, -0.1) is 0 Å². The fraction of sp³-hybridized carbons (Fsp3) is 1.00. The van der Waals surface area contributed by atoms with E-state index in [0.717, 1.165) is 23.7 Å². The van der Waals surface area contributed by atoms with E-state index in [1.54, 1.807) is 0 Å². The summed E-state index contributed by atoms with van der Waals surface area (Å²) in [4.78, 5) is 0. The van der Waals surface area contributed by atoms with Crippen LogP contribution >= 0.6 is 0 Å². The van der Waals surface area contributed by atoms with Crippen LogP contribution in [0.15, 0.2) is 0 Å². The van der Waals surface area contributed by atoms with Crippen molar-refractivity contribution in [3.05, 3.63) is 0 Å². The Bertz CT molecular complexity index is 168. The molecule has 0 saturated carbocycles. The quantitative estimate of drug-likeness (QED) is 0.684. The summed E-state index contributed by atoms with van der Waals surface area (Å²) in [6, 6.07) is 0. The van der Waals surface area contributed by atoms with Crippen LogP contribution in [0.2, 0.25) is 0 Å². The third kappa shape index (κ3) is 3.48. The molecule has 1 aliphatic heterocycles. The molecule has 90 valence electrons. The molecule has 1 saturated heterocycles. The monoisotopic (exact) mass is 212 g/mol. The zero-order chi connectivity index (χ0) is 11.6. The topological polar surface area (TPSA) is 9.23 Å². The lowest BCUT2D eigenvalue weighted by molar-refractivity contribution is -0.0728. The molecular formula is C14H28O. The van der Waals surface area contributed by atoms with E-state index in [1.807, 2.05) is 0 Å². The highest BCUT2D eigenvalue weighted by atomic mass is 16.5. The van der Waals surface area contributed by atoms with E-state index in [-0.39, 0.29) is 0 Å². The SMILES string of the molecule is CC(C)C(C(C)C)[C@H]1C[C@@H](C)O[C@@H](C)C1. The molecule has 3 atom stereocenters. The highest BCUT2D eigenvalue weighted by Crippen LogP contribution is 2.38. The lowest BCUT2D eigenvalue weighted by Gasteiger charge is -2.40. The standard InChI is InChI=1S/C14H28O/c1-9(2)14(10(3)4)13-7-11(5)15-12(6)8-13/h9-14H,7-8H2,1-6H3/t11-,12+,13+. The lowest BCUT2D eigenvalue weighted by Crippen LogP contribution is -2.36. The average Bonchev–Trinajstić information content (AvgIpc) is 1.99. The number of hydrogen-bond acceptors (Lipinski definition) is 1. The van der Waals surface area contributed by atoms with Crippen molar-refractivity contribution in [2.75, 3.05) is 0 Å². The van der Waals surface area contributed by atoms with Crippen LogP contribution < -0.4 is 0 Å². The lowest BCUT2D eigenvalue weighted by atomic mass is 9.71. The molecule has 1 aliphatic rings. The smallest absolute Gasteiger partial charge is 0.0553 e.